The zero-order valence-electron chi connectivity index (χ0n) is 11.0. The van der Waals surface area contributed by atoms with Gasteiger partial charge in [0.05, 0.1) is 0 Å². The van der Waals surface area contributed by atoms with Crippen LogP contribution in [0.3, 0.4) is 0 Å². The van der Waals surface area contributed by atoms with Crippen molar-refractivity contribution in [1.82, 2.24) is 10.3 Å². The quantitative estimate of drug-likeness (QED) is 0.926. The van der Waals surface area contributed by atoms with Gasteiger partial charge in [0.25, 0.3) is 0 Å². The Morgan fingerprint density at radius 2 is 2.16 bits per heavy atom. The number of aryl methyl sites for hydroxylation is 1. The van der Waals surface area contributed by atoms with Crippen molar-refractivity contribution in [2.75, 3.05) is 7.05 Å². The van der Waals surface area contributed by atoms with Crippen LogP contribution in [0.4, 0.5) is 4.39 Å². The van der Waals surface area contributed by atoms with Gasteiger partial charge in [-0.2, -0.15) is 0 Å². The highest BCUT2D eigenvalue weighted by molar-refractivity contribution is 9.10. The highest BCUT2D eigenvalue weighted by Crippen LogP contribution is 2.23. The van der Waals surface area contributed by atoms with Gasteiger partial charge in [-0.15, -0.1) is 0 Å². The van der Waals surface area contributed by atoms with Crippen molar-refractivity contribution in [3.05, 3.63) is 63.6 Å². The third-order valence-corrected chi connectivity index (χ3v) is 3.61. The van der Waals surface area contributed by atoms with Crippen LogP contribution >= 0.6 is 15.9 Å². The van der Waals surface area contributed by atoms with Gasteiger partial charge in [-0.1, -0.05) is 22.0 Å². The summed E-state index contributed by atoms with van der Waals surface area (Å²) in [6.07, 6.45) is 2.52. The summed E-state index contributed by atoms with van der Waals surface area (Å²) >= 11 is 3.33. The zero-order chi connectivity index (χ0) is 13.8. The van der Waals surface area contributed by atoms with Crippen LogP contribution in [-0.2, 0) is 6.42 Å². The zero-order valence-corrected chi connectivity index (χ0v) is 12.5. The monoisotopic (exact) mass is 322 g/mol. The molecule has 2 rings (SSSR count). The Labute approximate surface area is 121 Å². The van der Waals surface area contributed by atoms with Crippen LogP contribution in [0.15, 0.2) is 41.0 Å². The largest absolute Gasteiger partial charge is 0.313 e. The summed E-state index contributed by atoms with van der Waals surface area (Å²) in [6.45, 7) is 2.04. The summed E-state index contributed by atoms with van der Waals surface area (Å²) in [4.78, 5) is 4.39. The maximum absolute atomic E-state index is 13.5. The van der Waals surface area contributed by atoms with Crippen LogP contribution in [0, 0.1) is 12.7 Å². The number of hydrogen-bond acceptors (Lipinski definition) is 2. The summed E-state index contributed by atoms with van der Waals surface area (Å²) in [6, 6.07) is 8.96. The van der Waals surface area contributed by atoms with Crippen LogP contribution in [-0.4, -0.2) is 12.0 Å². The number of aromatic nitrogens is 1. The third kappa shape index (κ3) is 3.61. The first-order valence-electron chi connectivity index (χ1n) is 6.14. The molecule has 1 N–H and O–H groups in total. The number of rotatable bonds is 4. The number of benzene rings is 1. The van der Waals surface area contributed by atoms with Crippen molar-refractivity contribution < 1.29 is 4.39 Å². The van der Waals surface area contributed by atoms with Crippen molar-refractivity contribution >= 4 is 15.9 Å². The van der Waals surface area contributed by atoms with E-state index in [-0.39, 0.29) is 11.9 Å². The van der Waals surface area contributed by atoms with Crippen molar-refractivity contribution in [3.63, 3.8) is 0 Å². The minimum atomic E-state index is -0.234. The Hall–Kier alpha value is -1.26. The van der Waals surface area contributed by atoms with Crippen molar-refractivity contribution in [2.45, 2.75) is 19.4 Å². The van der Waals surface area contributed by atoms with E-state index < -0.39 is 0 Å². The lowest BCUT2D eigenvalue weighted by Gasteiger charge is -2.17. The van der Waals surface area contributed by atoms with E-state index in [1.807, 2.05) is 32.2 Å². The lowest BCUT2D eigenvalue weighted by molar-refractivity contribution is 0.569. The van der Waals surface area contributed by atoms with E-state index in [4.69, 9.17) is 0 Å². The molecule has 19 heavy (non-hydrogen) atoms. The molecule has 1 aromatic carbocycles. The van der Waals surface area contributed by atoms with Gasteiger partial charge in [-0.25, -0.2) is 4.39 Å². The minimum Gasteiger partial charge on any atom is -0.313 e. The molecule has 0 fully saturated rings. The molecule has 1 aromatic heterocycles. The summed E-state index contributed by atoms with van der Waals surface area (Å²) < 4.78 is 14.2. The van der Waals surface area contributed by atoms with E-state index in [1.165, 1.54) is 6.07 Å². The minimum absolute atomic E-state index is 0.0422. The van der Waals surface area contributed by atoms with Gasteiger partial charge < -0.3 is 5.32 Å². The molecule has 0 saturated carbocycles. The molecule has 4 heteroatoms. The summed E-state index contributed by atoms with van der Waals surface area (Å²) in [7, 11) is 1.88. The fourth-order valence-electron chi connectivity index (χ4n) is 2.09. The molecule has 0 bridgehead atoms. The van der Waals surface area contributed by atoms with Gasteiger partial charge in [0.15, 0.2) is 0 Å². The fourth-order valence-corrected chi connectivity index (χ4v) is 2.57. The standard InChI is InChI=1S/C15H16BrFN2/c1-10-4-3-5-19-14(10)9-15(18-2)11-6-12(16)8-13(17)7-11/h3-8,15,18H,9H2,1-2H3. The summed E-state index contributed by atoms with van der Waals surface area (Å²) in [5.41, 5.74) is 3.10. The topological polar surface area (TPSA) is 24.9 Å². The second-order valence-electron chi connectivity index (χ2n) is 4.52. The Kier molecular flexibility index (Phi) is 4.66. The number of pyridine rings is 1. The summed E-state index contributed by atoms with van der Waals surface area (Å²) in [5, 5.41) is 3.22. The number of halogens is 2. The molecule has 0 aliphatic rings. The van der Waals surface area contributed by atoms with Gasteiger partial charge in [0, 0.05) is 28.8 Å². The maximum Gasteiger partial charge on any atom is 0.124 e. The van der Waals surface area contributed by atoms with E-state index in [2.05, 4.69) is 26.2 Å². The average molecular weight is 323 g/mol. The molecule has 1 unspecified atom stereocenters. The molecule has 0 aliphatic carbocycles. The highest BCUT2D eigenvalue weighted by atomic mass is 79.9. The Morgan fingerprint density at radius 1 is 1.37 bits per heavy atom. The van der Waals surface area contributed by atoms with Gasteiger partial charge in [-0.3, -0.25) is 4.98 Å². The average Bonchev–Trinajstić information content (AvgIpc) is 2.36. The van der Waals surface area contributed by atoms with Gasteiger partial charge in [-0.05, 0) is 49.4 Å². The van der Waals surface area contributed by atoms with Crippen LogP contribution in [0.5, 0.6) is 0 Å². The molecule has 1 atom stereocenters. The molecular weight excluding hydrogens is 307 g/mol. The SMILES string of the molecule is CNC(Cc1ncccc1C)c1cc(F)cc(Br)c1. The molecule has 2 nitrogen and oxygen atoms in total. The lowest BCUT2D eigenvalue weighted by atomic mass is 10.00. The van der Waals surface area contributed by atoms with E-state index in [9.17, 15) is 4.39 Å². The number of nitrogens with zero attached hydrogens (tertiary/aromatic N) is 1. The fraction of sp³-hybridized carbons (Fsp3) is 0.267. The van der Waals surface area contributed by atoms with Crippen LogP contribution < -0.4 is 5.32 Å². The highest BCUT2D eigenvalue weighted by Gasteiger charge is 2.13. The lowest BCUT2D eigenvalue weighted by Crippen LogP contribution is -2.20. The number of likely N-dealkylation sites (N-methyl/N-ethyl adjacent to an activating group) is 1. The third-order valence-electron chi connectivity index (χ3n) is 3.15. The van der Waals surface area contributed by atoms with Crippen LogP contribution in [0.1, 0.15) is 22.9 Å². The Morgan fingerprint density at radius 3 is 2.79 bits per heavy atom. The predicted octanol–water partition coefficient (Wildman–Crippen LogP) is 3.79. The first-order chi connectivity index (χ1) is 9.10. The van der Waals surface area contributed by atoms with E-state index in [0.717, 1.165) is 27.7 Å². The van der Waals surface area contributed by atoms with Gasteiger partial charge in [0.2, 0.25) is 0 Å². The second-order valence-corrected chi connectivity index (χ2v) is 5.43. The predicted molar refractivity (Wildman–Crippen MR) is 78.6 cm³/mol. The molecule has 2 aromatic rings. The molecule has 100 valence electrons. The van der Waals surface area contributed by atoms with E-state index in [1.54, 1.807) is 12.3 Å². The van der Waals surface area contributed by atoms with Crippen LogP contribution in [0.2, 0.25) is 0 Å². The first kappa shape index (κ1) is 14.2. The van der Waals surface area contributed by atoms with Crippen LogP contribution in [0.25, 0.3) is 0 Å². The first-order valence-corrected chi connectivity index (χ1v) is 6.93. The molecule has 1 heterocycles. The molecule has 0 spiro atoms. The van der Waals surface area contributed by atoms with Gasteiger partial charge in [0.1, 0.15) is 5.82 Å². The normalized spacial score (nSPS) is 12.4. The molecule has 0 aliphatic heterocycles. The Bertz CT molecular complexity index is 552. The Balaban J connectivity index is 2.28. The second kappa shape index (κ2) is 6.26. The molecular formula is C15H16BrFN2. The summed E-state index contributed by atoms with van der Waals surface area (Å²) in [5.74, 6) is -0.234. The van der Waals surface area contributed by atoms with Crippen molar-refractivity contribution in [3.8, 4) is 0 Å². The van der Waals surface area contributed by atoms with E-state index >= 15 is 0 Å². The number of hydrogen-bond donors (Lipinski definition) is 1. The molecule has 0 amide bonds. The van der Waals surface area contributed by atoms with Crippen molar-refractivity contribution in [1.29, 1.82) is 0 Å². The van der Waals surface area contributed by atoms with Gasteiger partial charge >= 0.3 is 0 Å². The number of nitrogens with one attached hydrogen (secondary N) is 1. The van der Waals surface area contributed by atoms with E-state index in [0.29, 0.717) is 0 Å². The maximum atomic E-state index is 13.5. The molecule has 0 radical (unpaired) electrons. The smallest absolute Gasteiger partial charge is 0.124 e. The molecule has 0 saturated heterocycles. The van der Waals surface area contributed by atoms with Crippen molar-refractivity contribution in [2.24, 2.45) is 0 Å².